The third kappa shape index (κ3) is 3.65. The monoisotopic (exact) mass is 462 g/mol. The molecule has 1 aromatic heterocycles. The number of para-hydroxylation sites is 2. The van der Waals surface area contributed by atoms with Crippen molar-refractivity contribution >= 4 is 52.0 Å². The number of nitrogens with zero attached hydrogens (tertiary/aromatic N) is 4. The van der Waals surface area contributed by atoms with Gasteiger partial charge in [0, 0.05) is 22.7 Å². The number of benzene rings is 3. The zero-order chi connectivity index (χ0) is 23.9. The van der Waals surface area contributed by atoms with E-state index in [-0.39, 0.29) is 11.8 Å². The number of hydrogen-bond donors (Lipinski definition) is 2. The number of fused-ring (bicyclic) bond motifs is 2. The first kappa shape index (κ1) is 20.9. The number of nitrogens with one attached hydrogen (secondary N) is 2. The highest BCUT2D eigenvalue weighted by Crippen LogP contribution is 2.43. The summed E-state index contributed by atoms with van der Waals surface area (Å²) in [6, 6.07) is 24.5. The van der Waals surface area contributed by atoms with Crippen LogP contribution in [0.1, 0.15) is 12.5 Å². The lowest BCUT2D eigenvalue weighted by molar-refractivity contribution is -0.119. The Hall–Kier alpha value is -4.72. The van der Waals surface area contributed by atoms with Crippen LogP contribution in [0.2, 0.25) is 0 Å². The van der Waals surface area contributed by atoms with E-state index in [0.717, 1.165) is 28.3 Å². The SMILES string of the molecule is CC1C(=O)N(c2ccccc2)c2cnc(Nc3ccc4c(c3)CC(=O)N4)nc2N1c1ccccc1. The highest BCUT2D eigenvalue weighted by atomic mass is 16.2. The summed E-state index contributed by atoms with van der Waals surface area (Å²) in [5, 5.41) is 6.10. The van der Waals surface area contributed by atoms with E-state index in [0.29, 0.717) is 23.9 Å². The predicted octanol–water partition coefficient (Wildman–Crippen LogP) is 4.92. The maximum Gasteiger partial charge on any atom is 0.254 e. The van der Waals surface area contributed by atoms with Crippen molar-refractivity contribution in [2.45, 2.75) is 19.4 Å². The summed E-state index contributed by atoms with van der Waals surface area (Å²) in [4.78, 5) is 38.3. The molecule has 0 saturated heterocycles. The quantitative estimate of drug-likeness (QED) is 0.447. The maximum atomic E-state index is 13.6. The Morgan fingerprint density at radius 1 is 0.943 bits per heavy atom. The minimum absolute atomic E-state index is 0.0136. The van der Waals surface area contributed by atoms with Gasteiger partial charge in [0.1, 0.15) is 11.7 Å². The van der Waals surface area contributed by atoms with Crippen molar-refractivity contribution in [3.05, 3.63) is 90.6 Å². The smallest absolute Gasteiger partial charge is 0.254 e. The molecule has 2 amide bonds. The van der Waals surface area contributed by atoms with E-state index in [9.17, 15) is 9.59 Å². The molecule has 0 saturated carbocycles. The molecule has 0 bridgehead atoms. The van der Waals surface area contributed by atoms with Crippen molar-refractivity contribution in [2.75, 3.05) is 20.4 Å². The molecule has 172 valence electrons. The van der Waals surface area contributed by atoms with Gasteiger partial charge in [-0.2, -0.15) is 4.98 Å². The number of carbonyl (C=O) groups is 2. The van der Waals surface area contributed by atoms with E-state index in [1.165, 1.54) is 0 Å². The summed E-state index contributed by atoms with van der Waals surface area (Å²) in [6.07, 6.45) is 2.03. The van der Waals surface area contributed by atoms with Crippen molar-refractivity contribution < 1.29 is 9.59 Å². The Balaban J connectivity index is 1.44. The second-order valence-corrected chi connectivity index (χ2v) is 8.52. The standard InChI is InChI=1S/C27H22N6O2/c1-17-26(35)33(21-10-6-3-7-11-21)23-16-28-27(31-25(23)32(17)20-8-4-2-5-9-20)29-19-12-13-22-18(14-19)15-24(34)30-22/h2-14,16-17H,15H2,1H3,(H,30,34)(H,28,29,31). The molecule has 3 aromatic carbocycles. The average molecular weight is 463 g/mol. The van der Waals surface area contributed by atoms with E-state index < -0.39 is 6.04 Å². The molecule has 0 fully saturated rings. The molecule has 0 spiro atoms. The van der Waals surface area contributed by atoms with Crippen LogP contribution < -0.4 is 20.4 Å². The first-order valence-corrected chi connectivity index (χ1v) is 11.4. The second kappa shape index (κ2) is 8.25. The molecule has 0 aliphatic carbocycles. The van der Waals surface area contributed by atoms with Crippen LogP contribution in [0.4, 0.5) is 40.2 Å². The van der Waals surface area contributed by atoms with Gasteiger partial charge in [0.15, 0.2) is 5.82 Å². The molecule has 2 aliphatic rings. The van der Waals surface area contributed by atoms with Gasteiger partial charge >= 0.3 is 0 Å². The van der Waals surface area contributed by atoms with Gasteiger partial charge in [-0.25, -0.2) is 4.98 Å². The molecule has 3 heterocycles. The summed E-state index contributed by atoms with van der Waals surface area (Å²) < 4.78 is 0. The van der Waals surface area contributed by atoms with Crippen LogP contribution in [0, 0.1) is 0 Å². The number of hydrogen-bond acceptors (Lipinski definition) is 6. The van der Waals surface area contributed by atoms with Gasteiger partial charge in [-0.3, -0.25) is 14.5 Å². The molecule has 35 heavy (non-hydrogen) atoms. The summed E-state index contributed by atoms with van der Waals surface area (Å²) in [6.45, 7) is 1.88. The first-order valence-electron chi connectivity index (χ1n) is 11.4. The summed E-state index contributed by atoms with van der Waals surface area (Å²) in [7, 11) is 0. The van der Waals surface area contributed by atoms with Crippen molar-refractivity contribution in [1.29, 1.82) is 0 Å². The predicted molar refractivity (Wildman–Crippen MR) is 136 cm³/mol. The largest absolute Gasteiger partial charge is 0.326 e. The molecule has 4 aromatic rings. The zero-order valence-electron chi connectivity index (χ0n) is 19.0. The molecule has 1 atom stereocenters. The molecular weight excluding hydrogens is 440 g/mol. The topological polar surface area (TPSA) is 90.5 Å². The number of carbonyl (C=O) groups excluding carboxylic acids is 2. The normalized spacial score (nSPS) is 16.5. The highest BCUT2D eigenvalue weighted by Gasteiger charge is 2.38. The zero-order valence-corrected chi connectivity index (χ0v) is 19.0. The lowest BCUT2D eigenvalue weighted by Crippen LogP contribution is -2.48. The first-order chi connectivity index (χ1) is 17.1. The van der Waals surface area contributed by atoms with Gasteiger partial charge in [-0.1, -0.05) is 36.4 Å². The van der Waals surface area contributed by atoms with Crippen LogP contribution in [0.5, 0.6) is 0 Å². The highest BCUT2D eigenvalue weighted by molar-refractivity contribution is 6.11. The van der Waals surface area contributed by atoms with E-state index in [2.05, 4.69) is 15.6 Å². The van der Waals surface area contributed by atoms with Crippen molar-refractivity contribution in [2.24, 2.45) is 0 Å². The summed E-state index contributed by atoms with van der Waals surface area (Å²) in [5.74, 6) is 0.951. The number of anilines is 7. The molecule has 2 N–H and O–H groups in total. The van der Waals surface area contributed by atoms with Gasteiger partial charge in [0.2, 0.25) is 11.9 Å². The molecule has 1 unspecified atom stereocenters. The van der Waals surface area contributed by atoms with Crippen LogP contribution in [-0.4, -0.2) is 27.8 Å². The van der Waals surface area contributed by atoms with Crippen LogP contribution >= 0.6 is 0 Å². The van der Waals surface area contributed by atoms with E-state index in [1.807, 2.05) is 90.7 Å². The van der Waals surface area contributed by atoms with Crippen molar-refractivity contribution in [3.63, 3.8) is 0 Å². The van der Waals surface area contributed by atoms with E-state index in [1.54, 1.807) is 11.1 Å². The molecule has 0 radical (unpaired) electrons. The fourth-order valence-electron chi connectivity index (χ4n) is 4.58. The van der Waals surface area contributed by atoms with Crippen molar-refractivity contribution in [1.82, 2.24) is 9.97 Å². The number of aromatic nitrogens is 2. The van der Waals surface area contributed by atoms with E-state index >= 15 is 0 Å². The molecule has 8 heteroatoms. The van der Waals surface area contributed by atoms with Crippen LogP contribution in [-0.2, 0) is 16.0 Å². The van der Waals surface area contributed by atoms with Gasteiger partial charge in [-0.15, -0.1) is 0 Å². The lowest BCUT2D eigenvalue weighted by atomic mass is 10.1. The van der Waals surface area contributed by atoms with Crippen LogP contribution in [0.3, 0.4) is 0 Å². The van der Waals surface area contributed by atoms with Gasteiger partial charge < -0.3 is 15.5 Å². The van der Waals surface area contributed by atoms with E-state index in [4.69, 9.17) is 4.98 Å². The molecule has 6 rings (SSSR count). The minimum atomic E-state index is -0.482. The van der Waals surface area contributed by atoms with Gasteiger partial charge in [0.25, 0.3) is 5.91 Å². The fraction of sp³-hybridized carbons (Fsp3) is 0.111. The van der Waals surface area contributed by atoms with Gasteiger partial charge in [0.05, 0.1) is 12.6 Å². The Morgan fingerprint density at radius 2 is 1.66 bits per heavy atom. The summed E-state index contributed by atoms with van der Waals surface area (Å²) >= 11 is 0. The number of rotatable bonds is 4. The third-order valence-corrected chi connectivity index (χ3v) is 6.22. The summed E-state index contributed by atoms with van der Waals surface area (Å²) in [5.41, 5.74) is 4.78. The fourth-order valence-corrected chi connectivity index (χ4v) is 4.58. The van der Waals surface area contributed by atoms with Gasteiger partial charge in [-0.05, 0) is 55.0 Å². The second-order valence-electron chi connectivity index (χ2n) is 8.52. The Morgan fingerprint density at radius 3 is 2.40 bits per heavy atom. The third-order valence-electron chi connectivity index (χ3n) is 6.22. The lowest BCUT2D eigenvalue weighted by Gasteiger charge is -2.40. The Kier molecular flexibility index (Phi) is 4.92. The number of amides is 2. The Bertz CT molecular complexity index is 1440. The maximum absolute atomic E-state index is 13.6. The molecule has 2 aliphatic heterocycles. The van der Waals surface area contributed by atoms with Crippen molar-refractivity contribution in [3.8, 4) is 0 Å². The van der Waals surface area contributed by atoms with Crippen LogP contribution in [0.25, 0.3) is 0 Å². The molecule has 8 nitrogen and oxygen atoms in total. The Labute approximate surface area is 202 Å². The minimum Gasteiger partial charge on any atom is -0.326 e. The average Bonchev–Trinajstić information content (AvgIpc) is 3.25. The molecular formula is C27H22N6O2. The van der Waals surface area contributed by atoms with Crippen LogP contribution in [0.15, 0.2) is 85.1 Å².